The smallest absolute Gasteiger partial charge is 0.332 e. The van der Waals surface area contributed by atoms with Crippen molar-refractivity contribution in [2.45, 2.75) is 32.8 Å². The van der Waals surface area contributed by atoms with Crippen molar-refractivity contribution in [1.29, 1.82) is 0 Å². The molecule has 1 saturated heterocycles. The third-order valence-electron chi connectivity index (χ3n) is 2.74. The number of rotatable bonds is 3. The molecule has 1 rings (SSSR count). The fourth-order valence-corrected chi connectivity index (χ4v) is 1.98. The maximum absolute atomic E-state index is 11.3. The van der Waals surface area contributed by atoms with Crippen LogP contribution >= 0.6 is 0 Å². The normalized spacial score (nSPS) is 32.8. The van der Waals surface area contributed by atoms with Crippen molar-refractivity contribution < 1.29 is 14.6 Å². The Kier molecular flexibility index (Phi) is 3.74. The lowest BCUT2D eigenvalue weighted by Crippen LogP contribution is -2.33. The van der Waals surface area contributed by atoms with E-state index in [4.69, 9.17) is 4.74 Å². The summed E-state index contributed by atoms with van der Waals surface area (Å²) in [5.41, 5.74) is 0.00790. The minimum Gasteiger partial charge on any atom is -0.463 e. The number of nitrogens with one attached hydrogen (secondary N) is 1. The van der Waals surface area contributed by atoms with E-state index in [-0.39, 0.29) is 11.9 Å². The number of hydrogen-bond acceptors (Lipinski definition) is 4. The lowest BCUT2D eigenvalue weighted by atomic mass is 9.88. The molecule has 0 aromatic rings. The van der Waals surface area contributed by atoms with Gasteiger partial charge in [0.05, 0.1) is 12.2 Å². The first-order valence-corrected chi connectivity index (χ1v) is 5.35. The molecule has 4 heteroatoms. The molecule has 1 aliphatic rings. The Morgan fingerprint density at radius 2 is 2.40 bits per heavy atom. The zero-order chi connectivity index (χ0) is 11.5. The number of aliphatic hydroxyl groups is 1. The summed E-state index contributed by atoms with van der Waals surface area (Å²) >= 11 is 0. The summed E-state index contributed by atoms with van der Waals surface area (Å²) in [6, 6.07) is 0. The van der Waals surface area contributed by atoms with Crippen molar-refractivity contribution in [2.75, 3.05) is 13.2 Å². The monoisotopic (exact) mass is 213 g/mol. The van der Waals surface area contributed by atoms with Crippen LogP contribution in [0.25, 0.3) is 0 Å². The fraction of sp³-hybridized carbons (Fsp3) is 0.727. The van der Waals surface area contributed by atoms with E-state index < -0.39 is 5.60 Å². The van der Waals surface area contributed by atoms with Gasteiger partial charge in [-0.1, -0.05) is 6.92 Å². The Morgan fingerprint density at radius 1 is 1.73 bits per heavy atom. The first-order chi connectivity index (χ1) is 7.01. The van der Waals surface area contributed by atoms with E-state index in [0.29, 0.717) is 13.2 Å². The van der Waals surface area contributed by atoms with E-state index in [0.717, 1.165) is 12.1 Å². The second-order valence-electron chi connectivity index (χ2n) is 4.02. The van der Waals surface area contributed by atoms with Crippen molar-refractivity contribution in [1.82, 2.24) is 5.32 Å². The first-order valence-electron chi connectivity index (χ1n) is 5.35. The van der Waals surface area contributed by atoms with Gasteiger partial charge < -0.3 is 15.2 Å². The van der Waals surface area contributed by atoms with Crippen LogP contribution in [0.4, 0.5) is 0 Å². The average molecular weight is 213 g/mol. The van der Waals surface area contributed by atoms with Crippen molar-refractivity contribution in [3.05, 3.63) is 11.8 Å². The summed E-state index contributed by atoms with van der Waals surface area (Å²) < 4.78 is 4.83. The van der Waals surface area contributed by atoms with E-state index in [1.54, 1.807) is 13.8 Å². The van der Waals surface area contributed by atoms with Crippen LogP contribution < -0.4 is 5.32 Å². The van der Waals surface area contributed by atoms with Crippen molar-refractivity contribution in [3.63, 3.8) is 0 Å². The van der Waals surface area contributed by atoms with Crippen molar-refractivity contribution in [3.8, 4) is 0 Å². The van der Waals surface area contributed by atoms with Gasteiger partial charge in [0, 0.05) is 24.2 Å². The van der Waals surface area contributed by atoms with Gasteiger partial charge in [-0.05, 0) is 20.3 Å². The summed E-state index contributed by atoms with van der Waals surface area (Å²) in [6.45, 7) is 6.39. The molecule has 0 saturated carbocycles. The molecule has 1 fully saturated rings. The molecule has 0 aromatic heterocycles. The molecule has 1 heterocycles. The molecule has 15 heavy (non-hydrogen) atoms. The van der Waals surface area contributed by atoms with Crippen LogP contribution in [0.3, 0.4) is 0 Å². The second kappa shape index (κ2) is 4.66. The molecular formula is C11H19NO3. The zero-order valence-electron chi connectivity index (χ0n) is 9.54. The third kappa shape index (κ3) is 2.72. The van der Waals surface area contributed by atoms with Crippen molar-refractivity contribution >= 4 is 5.97 Å². The Morgan fingerprint density at radius 3 is 2.93 bits per heavy atom. The largest absolute Gasteiger partial charge is 0.463 e. The van der Waals surface area contributed by atoms with Gasteiger partial charge >= 0.3 is 5.97 Å². The van der Waals surface area contributed by atoms with Gasteiger partial charge in [0.2, 0.25) is 0 Å². The van der Waals surface area contributed by atoms with E-state index in [1.165, 1.54) is 6.08 Å². The minimum absolute atomic E-state index is 0.0121. The quantitative estimate of drug-likeness (QED) is 0.538. The van der Waals surface area contributed by atoms with Gasteiger partial charge in [0.1, 0.15) is 0 Å². The molecule has 86 valence electrons. The Balaban J connectivity index is 2.75. The molecule has 0 radical (unpaired) electrons. The zero-order valence-corrected chi connectivity index (χ0v) is 9.54. The second-order valence-corrected chi connectivity index (χ2v) is 4.02. The molecule has 0 spiro atoms. The molecule has 0 aromatic carbocycles. The molecule has 2 atom stereocenters. The highest BCUT2D eigenvalue weighted by atomic mass is 16.5. The summed E-state index contributed by atoms with van der Waals surface area (Å²) in [5, 5.41) is 13.1. The number of carbonyl (C=O) groups excluding carboxylic acids is 1. The highest BCUT2D eigenvalue weighted by Crippen LogP contribution is 2.31. The fourth-order valence-electron chi connectivity index (χ4n) is 1.98. The van der Waals surface area contributed by atoms with Gasteiger partial charge in [-0.25, -0.2) is 4.79 Å². The summed E-state index contributed by atoms with van der Waals surface area (Å²) in [7, 11) is 0. The predicted molar refractivity (Wildman–Crippen MR) is 57.1 cm³/mol. The minimum atomic E-state index is -0.771. The van der Waals surface area contributed by atoms with Crippen molar-refractivity contribution in [2.24, 2.45) is 5.92 Å². The standard InChI is InChI=1S/C11H19NO3/c1-4-8-9(6-10(13)15-5-2)12-7-11(8,3)14/h6,8,12,14H,4-5,7H2,1-3H3/b9-6-/t8-,11-/m0/s1. The van der Waals surface area contributed by atoms with Crippen LogP contribution in [-0.4, -0.2) is 29.8 Å². The Hall–Kier alpha value is -1.03. The maximum Gasteiger partial charge on any atom is 0.332 e. The molecule has 0 bridgehead atoms. The molecular weight excluding hydrogens is 194 g/mol. The average Bonchev–Trinajstić information content (AvgIpc) is 2.41. The van der Waals surface area contributed by atoms with Crippen LogP contribution in [-0.2, 0) is 9.53 Å². The Bertz CT molecular complexity index is 271. The summed E-state index contributed by atoms with van der Waals surface area (Å²) in [4.78, 5) is 11.3. The van der Waals surface area contributed by atoms with E-state index in [1.807, 2.05) is 6.92 Å². The molecule has 2 N–H and O–H groups in total. The lowest BCUT2D eigenvalue weighted by molar-refractivity contribution is -0.137. The van der Waals surface area contributed by atoms with Crippen LogP contribution in [0.5, 0.6) is 0 Å². The van der Waals surface area contributed by atoms with Crippen LogP contribution in [0, 0.1) is 5.92 Å². The third-order valence-corrected chi connectivity index (χ3v) is 2.74. The molecule has 0 amide bonds. The summed E-state index contributed by atoms with van der Waals surface area (Å²) in [6.07, 6.45) is 2.24. The van der Waals surface area contributed by atoms with Gasteiger partial charge in [-0.3, -0.25) is 0 Å². The highest BCUT2D eigenvalue weighted by Gasteiger charge is 2.39. The Labute approximate surface area is 90.3 Å². The van der Waals surface area contributed by atoms with Crippen LogP contribution in [0.15, 0.2) is 11.8 Å². The first kappa shape index (κ1) is 12.0. The van der Waals surface area contributed by atoms with Gasteiger partial charge in [-0.2, -0.15) is 0 Å². The molecule has 1 aliphatic heterocycles. The van der Waals surface area contributed by atoms with Gasteiger partial charge in [0.25, 0.3) is 0 Å². The van der Waals surface area contributed by atoms with E-state index in [9.17, 15) is 9.90 Å². The van der Waals surface area contributed by atoms with Gasteiger partial charge in [-0.15, -0.1) is 0 Å². The highest BCUT2D eigenvalue weighted by molar-refractivity contribution is 5.82. The molecule has 0 aliphatic carbocycles. The van der Waals surface area contributed by atoms with E-state index in [2.05, 4.69) is 5.32 Å². The predicted octanol–water partition coefficient (Wildman–Crippen LogP) is 0.814. The van der Waals surface area contributed by atoms with Crippen LogP contribution in [0.2, 0.25) is 0 Å². The number of β-amino-alcohol motifs (C(OH)–C–C–N with tert-alkyl or cyclic N) is 1. The number of hydrogen-bond donors (Lipinski definition) is 2. The summed E-state index contributed by atoms with van der Waals surface area (Å²) in [5.74, 6) is -0.363. The number of carbonyl (C=O) groups is 1. The topological polar surface area (TPSA) is 58.6 Å². The number of esters is 1. The maximum atomic E-state index is 11.3. The molecule has 4 nitrogen and oxygen atoms in total. The number of ether oxygens (including phenoxy) is 1. The van der Waals surface area contributed by atoms with Gasteiger partial charge in [0.15, 0.2) is 0 Å². The van der Waals surface area contributed by atoms with Crippen LogP contribution in [0.1, 0.15) is 27.2 Å². The van der Waals surface area contributed by atoms with E-state index >= 15 is 0 Å². The lowest BCUT2D eigenvalue weighted by Gasteiger charge is -2.22. The molecule has 0 unspecified atom stereocenters. The SMILES string of the molecule is CCOC(=O)/C=C1\NC[C@](C)(O)[C@H]1CC.